The standard InChI is InChI=1S/C40H38N4/c1-27-21-29(3)39(30(4)22-27)44(40-31(5)23-28(2)24-32(40)6)36-19-17-35(18-20-36)43(34-15-11-8-12-16-34)38-26-41-25-37(42-38)33-13-9-7-10-14-33/h7-26H,1-6H3/i21D,22D,23D,24D. The molecule has 0 spiro atoms. The van der Waals surface area contributed by atoms with Crippen LogP contribution in [-0.2, 0) is 0 Å². The van der Waals surface area contributed by atoms with Crippen LogP contribution >= 0.6 is 0 Å². The molecule has 6 rings (SSSR count). The first-order valence-electron chi connectivity index (χ1n) is 16.8. The minimum atomic E-state index is 0.314. The summed E-state index contributed by atoms with van der Waals surface area (Å²) in [6.07, 6.45) is 3.53. The van der Waals surface area contributed by atoms with Crippen LogP contribution in [0.3, 0.4) is 0 Å². The van der Waals surface area contributed by atoms with Crippen molar-refractivity contribution in [3.05, 3.63) is 155 Å². The molecule has 0 atom stereocenters. The van der Waals surface area contributed by atoms with Gasteiger partial charge in [0.05, 0.1) is 34.9 Å². The molecule has 0 aliphatic heterocycles. The van der Waals surface area contributed by atoms with Crippen molar-refractivity contribution in [2.24, 2.45) is 0 Å². The van der Waals surface area contributed by atoms with Gasteiger partial charge in [0.25, 0.3) is 0 Å². The number of para-hydroxylation sites is 1. The fourth-order valence-electron chi connectivity index (χ4n) is 5.98. The Morgan fingerprint density at radius 3 is 1.43 bits per heavy atom. The highest BCUT2D eigenvalue weighted by molar-refractivity contribution is 5.85. The SMILES string of the molecule is [2H]c1c(C)c([2H])c(C)c(N(c2ccc(N(c3ccccc3)c3cncc(-c4ccccc4)n3)cc2)c2c(C)c([2H])c(C)c([2H])c2C)c1C. The predicted octanol–water partition coefficient (Wildman–Crippen LogP) is 10.9. The molecule has 0 amide bonds. The highest BCUT2D eigenvalue weighted by Crippen LogP contribution is 2.44. The van der Waals surface area contributed by atoms with Crippen molar-refractivity contribution >= 4 is 34.3 Å². The Morgan fingerprint density at radius 1 is 0.500 bits per heavy atom. The van der Waals surface area contributed by atoms with Gasteiger partial charge in [0.1, 0.15) is 0 Å². The van der Waals surface area contributed by atoms with Gasteiger partial charge < -0.3 is 4.90 Å². The molecule has 1 aromatic heterocycles. The minimum Gasteiger partial charge on any atom is -0.309 e. The fourth-order valence-corrected chi connectivity index (χ4v) is 5.98. The molecular weight excluding hydrogens is 536 g/mol. The number of rotatable bonds is 7. The molecule has 4 nitrogen and oxygen atoms in total. The summed E-state index contributed by atoms with van der Waals surface area (Å²) < 4.78 is 35.5. The van der Waals surface area contributed by atoms with E-state index in [0.29, 0.717) is 41.1 Å². The molecule has 0 saturated heterocycles. The molecule has 5 aromatic carbocycles. The van der Waals surface area contributed by atoms with E-state index in [1.54, 1.807) is 12.4 Å². The first kappa shape index (κ1) is 24.2. The van der Waals surface area contributed by atoms with Crippen molar-refractivity contribution in [1.29, 1.82) is 0 Å². The summed E-state index contributed by atoms with van der Waals surface area (Å²) in [5, 5.41) is 0. The van der Waals surface area contributed by atoms with E-state index >= 15 is 0 Å². The Balaban J connectivity index is 1.56. The minimum absolute atomic E-state index is 0.314. The summed E-state index contributed by atoms with van der Waals surface area (Å²) in [7, 11) is 0. The monoisotopic (exact) mass is 578 g/mol. The molecule has 4 heteroatoms. The molecule has 218 valence electrons. The zero-order valence-corrected chi connectivity index (χ0v) is 26.0. The molecule has 0 fully saturated rings. The smallest absolute Gasteiger partial charge is 0.156 e. The number of hydrogen-bond acceptors (Lipinski definition) is 4. The van der Waals surface area contributed by atoms with Gasteiger partial charge in [0.15, 0.2) is 5.82 Å². The molecule has 0 saturated carbocycles. The van der Waals surface area contributed by atoms with E-state index in [0.717, 1.165) is 61.9 Å². The number of anilines is 6. The topological polar surface area (TPSA) is 32.3 Å². The zero-order chi connectivity index (χ0) is 34.3. The molecular formula is C40H38N4. The maximum atomic E-state index is 8.89. The van der Waals surface area contributed by atoms with Crippen LogP contribution in [0, 0.1) is 41.5 Å². The number of nitrogens with zero attached hydrogens (tertiary/aromatic N) is 4. The molecule has 6 aromatic rings. The van der Waals surface area contributed by atoms with E-state index in [1.807, 2.05) is 131 Å². The van der Waals surface area contributed by atoms with Gasteiger partial charge in [-0.3, -0.25) is 9.88 Å². The lowest BCUT2D eigenvalue weighted by Gasteiger charge is -2.32. The van der Waals surface area contributed by atoms with E-state index in [9.17, 15) is 0 Å². The van der Waals surface area contributed by atoms with Crippen LogP contribution in [0.25, 0.3) is 11.3 Å². The summed E-state index contributed by atoms with van der Waals surface area (Å²) in [6.45, 7) is 11.3. The largest absolute Gasteiger partial charge is 0.309 e. The van der Waals surface area contributed by atoms with Crippen LogP contribution in [0.15, 0.2) is 121 Å². The Morgan fingerprint density at radius 2 is 0.932 bits per heavy atom. The molecule has 0 radical (unpaired) electrons. The molecule has 0 aliphatic carbocycles. The van der Waals surface area contributed by atoms with Crippen LogP contribution in [0.1, 0.15) is 38.9 Å². The summed E-state index contributed by atoms with van der Waals surface area (Å²) in [5.41, 5.74) is 9.96. The van der Waals surface area contributed by atoms with Gasteiger partial charge in [-0.25, -0.2) is 4.98 Å². The van der Waals surface area contributed by atoms with E-state index in [2.05, 4.69) is 9.88 Å². The third-order valence-electron chi connectivity index (χ3n) is 7.67. The van der Waals surface area contributed by atoms with Crippen molar-refractivity contribution in [3.8, 4) is 11.3 Å². The molecule has 0 aliphatic rings. The quantitative estimate of drug-likeness (QED) is 0.189. The van der Waals surface area contributed by atoms with Gasteiger partial charge in [-0.05, 0) is 100 Å². The van der Waals surface area contributed by atoms with E-state index < -0.39 is 0 Å². The second-order valence-corrected chi connectivity index (χ2v) is 11.1. The average molecular weight is 579 g/mol. The lowest BCUT2D eigenvalue weighted by Crippen LogP contribution is -2.16. The second kappa shape index (κ2) is 12.2. The molecule has 1 heterocycles. The van der Waals surface area contributed by atoms with Gasteiger partial charge in [-0.15, -0.1) is 0 Å². The Labute approximate surface area is 266 Å². The second-order valence-electron chi connectivity index (χ2n) is 11.1. The summed E-state index contributed by atoms with van der Waals surface area (Å²) in [4.78, 5) is 13.7. The third kappa shape index (κ3) is 5.71. The lowest BCUT2D eigenvalue weighted by atomic mass is 9.98. The van der Waals surface area contributed by atoms with Crippen LogP contribution in [-0.4, -0.2) is 9.97 Å². The molecule has 0 N–H and O–H groups in total. The van der Waals surface area contributed by atoms with Crippen LogP contribution in [0.4, 0.5) is 34.3 Å². The Kier molecular flexibility index (Phi) is 6.71. The van der Waals surface area contributed by atoms with Gasteiger partial charge in [-0.2, -0.15) is 0 Å². The number of hydrogen-bond donors (Lipinski definition) is 0. The Bertz CT molecular complexity index is 2010. The van der Waals surface area contributed by atoms with Gasteiger partial charge >= 0.3 is 0 Å². The molecule has 44 heavy (non-hydrogen) atoms. The van der Waals surface area contributed by atoms with Gasteiger partial charge in [0.2, 0.25) is 0 Å². The maximum Gasteiger partial charge on any atom is 0.156 e. The van der Waals surface area contributed by atoms with Crippen molar-refractivity contribution < 1.29 is 5.48 Å². The molecule has 0 bridgehead atoms. The van der Waals surface area contributed by atoms with Crippen LogP contribution in [0.2, 0.25) is 0 Å². The van der Waals surface area contributed by atoms with Crippen molar-refractivity contribution in [1.82, 2.24) is 9.97 Å². The van der Waals surface area contributed by atoms with Crippen molar-refractivity contribution in [3.63, 3.8) is 0 Å². The van der Waals surface area contributed by atoms with Gasteiger partial charge in [-0.1, -0.05) is 83.8 Å². The van der Waals surface area contributed by atoms with Crippen LogP contribution < -0.4 is 9.80 Å². The van der Waals surface area contributed by atoms with Gasteiger partial charge in [0, 0.05) is 22.6 Å². The first-order chi connectivity index (χ1) is 23.0. The first-order valence-corrected chi connectivity index (χ1v) is 14.8. The van der Waals surface area contributed by atoms with Crippen molar-refractivity contribution in [2.75, 3.05) is 9.80 Å². The summed E-state index contributed by atoms with van der Waals surface area (Å²) in [6, 6.07) is 29.3. The highest BCUT2D eigenvalue weighted by Gasteiger charge is 2.22. The van der Waals surface area contributed by atoms with E-state index in [-0.39, 0.29) is 0 Å². The highest BCUT2D eigenvalue weighted by atomic mass is 15.2. The lowest BCUT2D eigenvalue weighted by molar-refractivity contribution is 1.13. The van der Waals surface area contributed by atoms with Crippen LogP contribution in [0.5, 0.6) is 0 Å². The maximum absolute atomic E-state index is 8.89. The average Bonchev–Trinajstić information content (AvgIpc) is 3.12. The summed E-state index contributed by atoms with van der Waals surface area (Å²) in [5.74, 6) is 0.665. The third-order valence-corrected chi connectivity index (χ3v) is 7.67. The van der Waals surface area contributed by atoms with E-state index in [1.165, 1.54) is 0 Å². The fraction of sp³-hybridized carbons (Fsp3) is 0.150. The van der Waals surface area contributed by atoms with Crippen molar-refractivity contribution in [2.45, 2.75) is 41.5 Å². The number of aromatic nitrogens is 2. The molecule has 0 unspecified atom stereocenters. The number of benzene rings is 5. The Hall–Kier alpha value is -5.22. The van der Waals surface area contributed by atoms with E-state index in [4.69, 9.17) is 10.5 Å². The normalized spacial score (nSPS) is 12.2. The zero-order valence-electron chi connectivity index (χ0n) is 30.0. The summed E-state index contributed by atoms with van der Waals surface area (Å²) >= 11 is 0. The predicted molar refractivity (Wildman–Crippen MR) is 185 cm³/mol.